The zero-order valence-corrected chi connectivity index (χ0v) is 14.4. The number of rotatable bonds is 4. The second-order valence-corrected chi connectivity index (χ2v) is 5.95. The number of anilines is 3. The van der Waals surface area contributed by atoms with Crippen LogP contribution in [0.2, 0.25) is 5.02 Å². The average molecular weight is 416 g/mol. The lowest BCUT2D eigenvalue weighted by Crippen LogP contribution is -2.09. The highest BCUT2D eigenvalue weighted by atomic mass is 35.5. The topological polar surface area (TPSA) is 117 Å². The normalized spacial score (nSPS) is 11.5. The lowest BCUT2D eigenvalue weighted by molar-refractivity contribution is -0.137. The summed E-state index contributed by atoms with van der Waals surface area (Å²) in [6.45, 7) is 0. The van der Waals surface area contributed by atoms with Gasteiger partial charge in [-0.1, -0.05) is 17.7 Å². The minimum Gasteiger partial charge on any atom is -0.478 e. The smallest absolute Gasteiger partial charge is 0.417 e. The first-order chi connectivity index (χ1) is 13.1. The van der Waals surface area contributed by atoms with Crippen molar-refractivity contribution < 1.29 is 27.5 Å². The summed E-state index contributed by atoms with van der Waals surface area (Å²) in [5.41, 5.74) is 2.72. The number of hydrogen-bond donors (Lipinski definition) is 4. The summed E-state index contributed by atoms with van der Waals surface area (Å²) < 4.78 is 54.8. The summed E-state index contributed by atoms with van der Waals surface area (Å²) in [6.07, 6.45) is -4.84. The number of H-pyrrole nitrogens is 1. The molecule has 12 heteroatoms. The maximum absolute atomic E-state index is 14.0. The van der Waals surface area contributed by atoms with E-state index in [0.717, 1.165) is 18.2 Å². The van der Waals surface area contributed by atoms with Crippen molar-refractivity contribution in [1.29, 1.82) is 0 Å². The van der Waals surface area contributed by atoms with Crippen LogP contribution in [-0.4, -0.2) is 26.3 Å². The summed E-state index contributed by atoms with van der Waals surface area (Å²) in [5, 5.41) is 17.0. The maximum Gasteiger partial charge on any atom is 0.417 e. The fourth-order valence-electron chi connectivity index (χ4n) is 2.50. The van der Waals surface area contributed by atoms with Gasteiger partial charge < -0.3 is 16.2 Å². The standard InChI is InChI=1S/C16H10ClF4N5O2/c17-10-5-7(23-15-24-14(22)25-26-15)4-9(16(19,20)21)12(10)6-1-2-8(13(27)28)11(18)3-6/h1-5H,(H,27,28)(H4,22,23,24,25,26). The van der Waals surface area contributed by atoms with E-state index in [4.69, 9.17) is 22.4 Å². The number of nitrogens with zero attached hydrogens (tertiary/aromatic N) is 2. The van der Waals surface area contributed by atoms with Crippen molar-refractivity contribution in [3.63, 3.8) is 0 Å². The van der Waals surface area contributed by atoms with Gasteiger partial charge in [0.05, 0.1) is 16.1 Å². The molecule has 0 radical (unpaired) electrons. The van der Waals surface area contributed by atoms with Crippen molar-refractivity contribution in [2.45, 2.75) is 6.18 Å². The molecule has 1 aromatic heterocycles. The molecule has 0 saturated heterocycles. The molecule has 0 spiro atoms. The van der Waals surface area contributed by atoms with Gasteiger partial charge in [-0.05, 0) is 29.8 Å². The minimum absolute atomic E-state index is 0.0461. The number of aromatic nitrogens is 3. The molecule has 0 atom stereocenters. The molecule has 1 heterocycles. The molecule has 2 aromatic carbocycles. The molecule has 5 N–H and O–H groups in total. The van der Waals surface area contributed by atoms with E-state index < -0.39 is 34.7 Å². The lowest BCUT2D eigenvalue weighted by atomic mass is 9.97. The largest absolute Gasteiger partial charge is 0.478 e. The van der Waals surface area contributed by atoms with Crippen molar-refractivity contribution in [2.24, 2.45) is 0 Å². The number of carboxylic acid groups (broad SMARTS) is 1. The van der Waals surface area contributed by atoms with E-state index in [-0.39, 0.29) is 28.2 Å². The van der Waals surface area contributed by atoms with Crippen LogP contribution in [0.25, 0.3) is 11.1 Å². The third-order valence-electron chi connectivity index (χ3n) is 3.64. The molecule has 0 aliphatic rings. The Morgan fingerprint density at radius 2 is 1.96 bits per heavy atom. The van der Waals surface area contributed by atoms with Gasteiger partial charge in [-0.15, -0.1) is 5.10 Å². The van der Waals surface area contributed by atoms with Gasteiger partial charge in [0, 0.05) is 11.3 Å². The first-order valence-corrected chi connectivity index (χ1v) is 7.83. The molecule has 7 nitrogen and oxygen atoms in total. The zero-order valence-electron chi connectivity index (χ0n) is 13.6. The molecule has 3 aromatic rings. The Labute approximate surface area is 159 Å². The Kier molecular flexibility index (Phi) is 4.86. The molecule has 3 rings (SSSR count). The molecule has 0 aliphatic carbocycles. The van der Waals surface area contributed by atoms with Crippen LogP contribution in [0.15, 0.2) is 30.3 Å². The third kappa shape index (κ3) is 3.83. The van der Waals surface area contributed by atoms with Crippen LogP contribution in [0.5, 0.6) is 0 Å². The fraction of sp³-hybridized carbons (Fsp3) is 0.0625. The number of benzene rings is 2. The molecule has 0 unspecified atom stereocenters. The number of nitrogen functional groups attached to an aromatic ring is 1. The van der Waals surface area contributed by atoms with Crippen LogP contribution in [-0.2, 0) is 6.18 Å². The number of aromatic amines is 1. The average Bonchev–Trinajstić information content (AvgIpc) is 2.98. The molecular formula is C16H10ClF4N5O2. The quantitative estimate of drug-likeness (QED) is 0.472. The molecule has 0 saturated carbocycles. The number of nitrogens with one attached hydrogen (secondary N) is 2. The number of hydrogen-bond acceptors (Lipinski definition) is 5. The van der Waals surface area contributed by atoms with Gasteiger partial charge >= 0.3 is 12.1 Å². The van der Waals surface area contributed by atoms with E-state index in [2.05, 4.69) is 20.5 Å². The van der Waals surface area contributed by atoms with E-state index in [1.807, 2.05) is 0 Å². The van der Waals surface area contributed by atoms with Crippen molar-refractivity contribution in [2.75, 3.05) is 11.1 Å². The van der Waals surface area contributed by atoms with E-state index >= 15 is 0 Å². The van der Waals surface area contributed by atoms with Crippen molar-refractivity contribution in [3.8, 4) is 11.1 Å². The van der Waals surface area contributed by atoms with Gasteiger partial charge in [-0.25, -0.2) is 14.3 Å². The maximum atomic E-state index is 14.0. The Morgan fingerprint density at radius 3 is 2.50 bits per heavy atom. The van der Waals surface area contributed by atoms with E-state index in [9.17, 15) is 22.4 Å². The first kappa shape index (κ1) is 19.4. The Morgan fingerprint density at radius 1 is 1.25 bits per heavy atom. The Balaban J connectivity index is 2.13. The monoisotopic (exact) mass is 415 g/mol. The van der Waals surface area contributed by atoms with Crippen LogP contribution in [0.3, 0.4) is 0 Å². The van der Waals surface area contributed by atoms with E-state index in [0.29, 0.717) is 6.07 Å². The van der Waals surface area contributed by atoms with Gasteiger partial charge in [-0.2, -0.15) is 18.2 Å². The summed E-state index contributed by atoms with van der Waals surface area (Å²) in [6, 6.07) is 4.51. The number of aromatic carboxylic acids is 1. The van der Waals surface area contributed by atoms with E-state index in [1.165, 1.54) is 6.07 Å². The predicted octanol–water partition coefficient (Wildman–Crippen LogP) is 4.31. The summed E-state index contributed by atoms with van der Waals surface area (Å²) in [7, 11) is 0. The predicted molar refractivity (Wildman–Crippen MR) is 92.9 cm³/mol. The Bertz CT molecular complexity index is 1070. The summed E-state index contributed by atoms with van der Waals surface area (Å²) >= 11 is 6.05. The van der Waals surface area contributed by atoms with Gasteiger partial charge in [0.25, 0.3) is 0 Å². The Hall–Kier alpha value is -3.34. The summed E-state index contributed by atoms with van der Waals surface area (Å²) in [4.78, 5) is 14.6. The molecule has 0 amide bonds. The fourth-order valence-corrected chi connectivity index (χ4v) is 2.83. The number of carboxylic acids is 1. The summed E-state index contributed by atoms with van der Waals surface area (Å²) in [5.74, 6) is -2.86. The molecule has 0 fully saturated rings. The lowest BCUT2D eigenvalue weighted by Gasteiger charge is -2.17. The van der Waals surface area contributed by atoms with Crippen LogP contribution in [0, 0.1) is 5.82 Å². The number of halogens is 5. The van der Waals surface area contributed by atoms with Crippen molar-refractivity contribution in [3.05, 3.63) is 52.3 Å². The van der Waals surface area contributed by atoms with Crippen molar-refractivity contribution in [1.82, 2.24) is 15.2 Å². The van der Waals surface area contributed by atoms with Gasteiger partial charge in [0.2, 0.25) is 11.9 Å². The molecule has 0 aliphatic heterocycles. The van der Waals surface area contributed by atoms with Gasteiger partial charge in [-0.3, -0.25) is 0 Å². The van der Waals surface area contributed by atoms with Crippen LogP contribution in [0.1, 0.15) is 15.9 Å². The van der Waals surface area contributed by atoms with Crippen LogP contribution >= 0.6 is 11.6 Å². The number of alkyl halides is 3. The van der Waals surface area contributed by atoms with Crippen LogP contribution in [0.4, 0.5) is 35.1 Å². The second kappa shape index (κ2) is 7.00. The molecule has 28 heavy (non-hydrogen) atoms. The van der Waals surface area contributed by atoms with Gasteiger partial charge in [0.15, 0.2) is 0 Å². The highest BCUT2D eigenvalue weighted by Crippen LogP contribution is 2.43. The van der Waals surface area contributed by atoms with Crippen molar-refractivity contribution >= 4 is 35.2 Å². The highest BCUT2D eigenvalue weighted by Gasteiger charge is 2.35. The van der Waals surface area contributed by atoms with E-state index in [1.54, 1.807) is 0 Å². The van der Waals surface area contributed by atoms with Gasteiger partial charge in [0.1, 0.15) is 5.82 Å². The molecule has 0 bridgehead atoms. The highest BCUT2D eigenvalue weighted by molar-refractivity contribution is 6.34. The van der Waals surface area contributed by atoms with Crippen LogP contribution < -0.4 is 11.1 Å². The number of nitrogens with two attached hydrogens (primary N) is 1. The SMILES string of the molecule is Nc1nc(Nc2cc(Cl)c(-c3ccc(C(=O)O)c(F)c3)c(C(F)(F)F)c2)n[nH]1. The number of carbonyl (C=O) groups is 1. The molecule has 146 valence electrons. The third-order valence-corrected chi connectivity index (χ3v) is 3.94. The second-order valence-electron chi connectivity index (χ2n) is 5.55. The molecular weight excluding hydrogens is 406 g/mol. The zero-order chi connectivity index (χ0) is 20.6. The first-order valence-electron chi connectivity index (χ1n) is 7.45. The minimum atomic E-state index is -4.84.